The molecule has 2 aromatic heterocycles. The van der Waals surface area contributed by atoms with Crippen molar-refractivity contribution >= 4 is 33.2 Å². The van der Waals surface area contributed by atoms with Gasteiger partial charge in [-0.1, -0.05) is 0 Å². The van der Waals surface area contributed by atoms with Crippen molar-refractivity contribution in [3.63, 3.8) is 0 Å². The SMILES string of the molecule is Cc1nc(-c2cc(Br)cs2)ncc1C(=O)O. The van der Waals surface area contributed by atoms with Crippen molar-refractivity contribution in [1.82, 2.24) is 9.97 Å². The van der Waals surface area contributed by atoms with Crippen molar-refractivity contribution in [1.29, 1.82) is 0 Å². The zero-order chi connectivity index (χ0) is 11.7. The first-order valence-electron chi connectivity index (χ1n) is 4.39. The van der Waals surface area contributed by atoms with Gasteiger partial charge in [0, 0.05) is 16.0 Å². The Balaban J connectivity index is 2.45. The number of aromatic nitrogens is 2. The minimum atomic E-state index is -1.00. The van der Waals surface area contributed by atoms with Crippen LogP contribution in [0.3, 0.4) is 0 Å². The van der Waals surface area contributed by atoms with Crippen LogP contribution in [0.25, 0.3) is 10.7 Å². The number of carboxylic acids is 1. The Morgan fingerprint density at radius 1 is 1.56 bits per heavy atom. The third-order valence-electron chi connectivity index (χ3n) is 2.00. The molecule has 0 bridgehead atoms. The molecular formula is C10H7BrN2O2S. The smallest absolute Gasteiger partial charge is 0.339 e. The van der Waals surface area contributed by atoms with Crippen molar-refractivity contribution in [2.75, 3.05) is 0 Å². The molecule has 0 aliphatic carbocycles. The van der Waals surface area contributed by atoms with E-state index in [9.17, 15) is 4.79 Å². The van der Waals surface area contributed by atoms with Crippen molar-refractivity contribution < 1.29 is 9.90 Å². The maximum Gasteiger partial charge on any atom is 0.339 e. The van der Waals surface area contributed by atoms with Gasteiger partial charge in [-0.25, -0.2) is 14.8 Å². The van der Waals surface area contributed by atoms with Gasteiger partial charge in [0.1, 0.15) is 0 Å². The first-order valence-corrected chi connectivity index (χ1v) is 6.06. The molecule has 6 heteroatoms. The molecule has 0 aliphatic heterocycles. The van der Waals surface area contributed by atoms with Gasteiger partial charge in [0.25, 0.3) is 0 Å². The van der Waals surface area contributed by atoms with Gasteiger partial charge in [-0.3, -0.25) is 0 Å². The molecule has 1 N–H and O–H groups in total. The van der Waals surface area contributed by atoms with Gasteiger partial charge in [0.05, 0.1) is 16.1 Å². The van der Waals surface area contributed by atoms with Crippen LogP contribution in [0.5, 0.6) is 0 Å². The Morgan fingerprint density at radius 2 is 2.31 bits per heavy atom. The van der Waals surface area contributed by atoms with Crippen LogP contribution in [0.15, 0.2) is 22.1 Å². The molecule has 2 heterocycles. The predicted molar refractivity (Wildman–Crippen MR) is 64.7 cm³/mol. The van der Waals surface area contributed by atoms with Crippen LogP contribution in [0.4, 0.5) is 0 Å². The fraction of sp³-hybridized carbons (Fsp3) is 0.100. The maximum absolute atomic E-state index is 10.8. The summed E-state index contributed by atoms with van der Waals surface area (Å²) in [5.74, 6) is -0.449. The highest BCUT2D eigenvalue weighted by atomic mass is 79.9. The third-order valence-corrected chi connectivity index (χ3v) is 3.68. The Hall–Kier alpha value is -1.27. The summed E-state index contributed by atoms with van der Waals surface area (Å²) in [5.41, 5.74) is 0.612. The second-order valence-corrected chi connectivity index (χ2v) is 4.95. The van der Waals surface area contributed by atoms with Gasteiger partial charge in [-0.15, -0.1) is 11.3 Å². The van der Waals surface area contributed by atoms with E-state index >= 15 is 0 Å². The summed E-state index contributed by atoms with van der Waals surface area (Å²) in [4.78, 5) is 19.9. The first-order chi connectivity index (χ1) is 7.58. The molecule has 0 radical (unpaired) electrons. The quantitative estimate of drug-likeness (QED) is 0.926. The summed E-state index contributed by atoms with van der Waals surface area (Å²) < 4.78 is 0.969. The molecule has 4 nitrogen and oxygen atoms in total. The molecule has 82 valence electrons. The molecule has 0 saturated carbocycles. The molecular weight excluding hydrogens is 292 g/mol. The van der Waals surface area contributed by atoms with Crippen molar-refractivity contribution in [3.8, 4) is 10.7 Å². The van der Waals surface area contributed by atoms with E-state index in [4.69, 9.17) is 5.11 Å². The van der Waals surface area contributed by atoms with E-state index in [0.29, 0.717) is 11.5 Å². The third kappa shape index (κ3) is 2.12. The van der Waals surface area contributed by atoms with Gasteiger partial charge >= 0.3 is 5.97 Å². The molecule has 0 saturated heterocycles. The van der Waals surface area contributed by atoms with Crippen LogP contribution >= 0.6 is 27.3 Å². The largest absolute Gasteiger partial charge is 0.478 e. The lowest BCUT2D eigenvalue weighted by Crippen LogP contribution is -2.03. The Kier molecular flexibility index (Phi) is 3.02. The zero-order valence-electron chi connectivity index (χ0n) is 8.27. The maximum atomic E-state index is 10.8. The molecule has 0 aromatic carbocycles. The lowest BCUT2D eigenvalue weighted by molar-refractivity contribution is 0.0695. The number of hydrogen-bond acceptors (Lipinski definition) is 4. The van der Waals surface area contributed by atoms with Crippen molar-refractivity contribution in [2.45, 2.75) is 6.92 Å². The number of carboxylic acid groups (broad SMARTS) is 1. The molecule has 0 amide bonds. The van der Waals surface area contributed by atoms with Gasteiger partial charge in [-0.05, 0) is 28.9 Å². The average molecular weight is 299 g/mol. The van der Waals surface area contributed by atoms with E-state index in [1.807, 2.05) is 11.4 Å². The van der Waals surface area contributed by atoms with Crippen LogP contribution in [-0.4, -0.2) is 21.0 Å². The predicted octanol–water partition coefficient (Wildman–Crippen LogP) is 2.97. The molecule has 0 spiro atoms. The minimum absolute atomic E-state index is 0.138. The molecule has 0 atom stereocenters. The number of rotatable bonds is 2. The summed E-state index contributed by atoms with van der Waals surface area (Å²) in [6, 6.07) is 1.90. The number of nitrogens with zero attached hydrogens (tertiary/aromatic N) is 2. The van der Waals surface area contributed by atoms with Gasteiger partial charge in [0.15, 0.2) is 5.82 Å². The molecule has 16 heavy (non-hydrogen) atoms. The monoisotopic (exact) mass is 298 g/mol. The van der Waals surface area contributed by atoms with Gasteiger partial charge < -0.3 is 5.11 Å². The summed E-state index contributed by atoms with van der Waals surface area (Å²) in [7, 11) is 0. The Morgan fingerprint density at radius 3 is 2.81 bits per heavy atom. The lowest BCUT2D eigenvalue weighted by Gasteiger charge is -2.01. The number of halogens is 1. The van der Waals surface area contributed by atoms with E-state index < -0.39 is 5.97 Å². The lowest BCUT2D eigenvalue weighted by atomic mass is 10.2. The highest BCUT2D eigenvalue weighted by molar-refractivity contribution is 9.10. The molecule has 2 rings (SSSR count). The van der Waals surface area contributed by atoms with E-state index in [2.05, 4.69) is 25.9 Å². The molecule has 0 unspecified atom stereocenters. The van der Waals surface area contributed by atoms with Crippen LogP contribution < -0.4 is 0 Å². The molecule has 0 aliphatic rings. The van der Waals surface area contributed by atoms with Crippen molar-refractivity contribution in [3.05, 3.63) is 33.4 Å². The standard InChI is InChI=1S/C10H7BrN2O2S/c1-5-7(10(14)15)3-12-9(13-5)8-2-6(11)4-16-8/h2-4H,1H3,(H,14,15). The van der Waals surface area contributed by atoms with Crippen molar-refractivity contribution in [2.24, 2.45) is 0 Å². The molecule has 0 fully saturated rings. The molecule has 2 aromatic rings. The van der Waals surface area contributed by atoms with Gasteiger partial charge in [-0.2, -0.15) is 0 Å². The highest BCUT2D eigenvalue weighted by Gasteiger charge is 2.11. The van der Waals surface area contributed by atoms with E-state index in [-0.39, 0.29) is 5.56 Å². The number of carbonyl (C=O) groups is 1. The highest BCUT2D eigenvalue weighted by Crippen LogP contribution is 2.27. The number of aromatic carboxylic acids is 1. The number of thiophene rings is 1. The fourth-order valence-electron chi connectivity index (χ4n) is 1.23. The zero-order valence-corrected chi connectivity index (χ0v) is 10.7. The van der Waals surface area contributed by atoms with Crippen LogP contribution in [0.2, 0.25) is 0 Å². The summed E-state index contributed by atoms with van der Waals surface area (Å²) in [6.07, 6.45) is 1.34. The average Bonchev–Trinajstić information content (AvgIpc) is 2.64. The minimum Gasteiger partial charge on any atom is -0.478 e. The normalized spacial score (nSPS) is 10.4. The number of hydrogen-bond donors (Lipinski definition) is 1. The van der Waals surface area contributed by atoms with Crippen LogP contribution in [-0.2, 0) is 0 Å². The fourth-order valence-corrected chi connectivity index (χ4v) is 2.59. The van der Waals surface area contributed by atoms with Crippen LogP contribution in [0.1, 0.15) is 16.1 Å². The van der Waals surface area contributed by atoms with E-state index in [1.54, 1.807) is 6.92 Å². The van der Waals surface area contributed by atoms with E-state index in [1.165, 1.54) is 17.5 Å². The second-order valence-electron chi connectivity index (χ2n) is 3.13. The van der Waals surface area contributed by atoms with Crippen LogP contribution in [0, 0.1) is 6.92 Å². The summed E-state index contributed by atoms with van der Waals surface area (Å²) in [5, 5.41) is 10.8. The number of aryl methyl sites for hydroxylation is 1. The van der Waals surface area contributed by atoms with Gasteiger partial charge in [0.2, 0.25) is 0 Å². The van der Waals surface area contributed by atoms with E-state index in [0.717, 1.165) is 9.35 Å². The Bertz CT molecular complexity index is 554. The first kappa shape index (κ1) is 11.2. The Labute approximate surface area is 104 Å². The topological polar surface area (TPSA) is 63.1 Å². The summed E-state index contributed by atoms with van der Waals surface area (Å²) >= 11 is 4.85. The summed E-state index contributed by atoms with van der Waals surface area (Å²) in [6.45, 7) is 1.66. The second kappa shape index (κ2) is 4.31.